The Morgan fingerprint density at radius 1 is 1.39 bits per heavy atom. The molecule has 0 saturated carbocycles. The third-order valence-electron chi connectivity index (χ3n) is 6.30. The zero-order valence-corrected chi connectivity index (χ0v) is 19.1. The summed E-state index contributed by atoms with van der Waals surface area (Å²) in [5.74, 6) is -2.37. The standard InChI is InChI=1S/C18H25N3O5S.Na/c1-7-13-12(8(2)22)17(24)21(13)14(18(25)26)15(7)27-9-5-11(20-6-9)10-3-4-19-16(10)23;/h7-13,20,22H,3-6H2,1-2H3,(H,19,23)(H,25,26);/q;+1/p-1/t7-,8-,9+,10?,11+,12-,13-;/m1./s1. The number of carbonyl (C=O) groups excluding carboxylic acids is 3. The van der Waals surface area contributed by atoms with Gasteiger partial charge >= 0.3 is 29.6 Å². The Kier molecular flexibility index (Phi) is 6.54. The fourth-order valence-corrected chi connectivity index (χ4v) is 6.46. The number of nitrogens with zero attached hydrogens (tertiary/aromatic N) is 1. The van der Waals surface area contributed by atoms with Crippen LogP contribution < -0.4 is 45.3 Å². The molecule has 4 rings (SSSR count). The first-order valence-corrected chi connectivity index (χ1v) is 10.3. The zero-order valence-electron chi connectivity index (χ0n) is 16.3. The molecule has 7 atom stereocenters. The van der Waals surface area contributed by atoms with Crippen LogP contribution in [-0.2, 0) is 14.4 Å². The van der Waals surface area contributed by atoms with E-state index < -0.39 is 18.0 Å². The average molecular weight is 417 g/mol. The number of nitrogens with one attached hydrogen (secondary N) is 2. The Morgan fingerprint density at radius 3 is 2.68 bits per heavy atom. The molecule has 3 N–H and O–H groups in total. The first-order chi connectivity index (χ1) is 12.8. The second-order valence-electron chi connectivity index (χ2n) is 7.93. The smallest absolute Gasteiger partial charge is 0.543 e. The van der Waals surface area contributed by atoms with E-state index >= 15 is 0 Å². The number of hydrogen-bond donors (Lipinski definition) is 3. The van der Waals surface area contributed by atoms with Crippen LogP contribution in [0.25, 0.3) is 0 Å². The molecular formula is C18H24N3NaO5S. The van der Waals surface area contributed by atoms with Gasteiger partial charge in [0.2, 0.25) is 11.8 Å². The molecule has 8 nitrogen and oxygen atoms in total. The number of aliphatic hydroxyl groups excluding tert-OH is 1. The van der Waals surface area contributed by atoms with Crippen molar-refractivity contribution in [3.63, 3.8) is 0 Å². The number of carboxylic acid groups (broad SMARTS) is 1. The van der Waals surface area contributed by atoms with Crippen LogP contribution in [-0.4, -0.2) is 64.3 Å². The molecule has 1 unspecified atom stereocenters. The molecule has 4 heterocycles. The van der Waals surface area contributed by atoms with Crippen LogP contribution in [0.3, 0.4) is 0 Å². The van der Waals surface area contributed by atoms with Crippen molar-refractivity contribution in [1.29, 1.82) is 0 Å². The van der Waals surface area contributed by atoms with Crippen molar-refractivity contribution < 1.29 is 54.2 Å². The van der Waals surface area contributed by atoms with Gasteiger partial charge in [0.05, 0.1) is 35.6 Å². The van der Waals surface area contributed by atoms with E-state index in [-0.39, 0.29) is 76.2 Å². The number of fused-ring (bicyclic) bond motifs is 1. The Bertz CT molecular complexity index is 730. The second kappa shape index (κ2) is 8.28. The van der Waals surface area contributed by atoms with Crippen molar-refractivity contribution in [3.8, 4) is 0 Å². The summed E-state index contributed by atoms with van der Waals surface area (Å²) in [5.41, 5.74) is -0.0403. The van der Waals surface area contributed by atoms with Crippen LogP contribution in [0, 0.1) is 17.8 Å². The molecule has 10 heteroatoms. The van der Waals surface area contributed by atoms with Gasteiger partial charge in [0.1, 0.15) is 0 Å². The van der Waals surface area contributed by atoms with Crippen molar-refractivity contribution in [1.82, 2.24) is 15.5 Å². The van der Waals surface area contributed by atoms with E-state index in [2.05, 4.69) is 10.6 Å². The molecule has 0 aromatic heterocycles. The summed E-state index contributed by atoms with van der Waals surface area (Å²) in [6.45, 7) is 4.86. The van der Waals surface area contributed by atoms with Gasteiger partial charge in [-0.25, -0.2) is 0 Å². The summed E-state index contributed by atoms with van der Waals surface area (Å²) in [7, 11) is 0. The monoisotopic (exact) mass is 417 g/mol. The minimum absolute atomic E-state index is 0. The van der Waals surface area contributed by atoms with E-state index in [1.54, 1.807) is 6.92 Å². The van der Waals surface area contributed by atoms with Crippen LogP contribution in [0.5, 0.6) is 0 Å². The van der Waals surface area contributed by atoms with Gasteiger partial charge in [0.15, 0.2) is 0 Å². The van der Waals surface area contributed by atoms with Gasteiger partial charge in [-0.05, 0) is 19.8 Å². The van der Waals surface area contributed by atoms with Crippen molar-refractivity contribution in [2.24, 2.45) is 17.8 Å². The number of amides is 2. The third-order valence-corrected chi connectivity index (χ3v) is 7.81. The maximum absolute atomic E-state index is 12.4. The van der Waals surface area contributed by atoms with Crippen molar-refractivity contribution in [2.75, 3.05) is 13.1 Å². The summed E-state index contributed by atoms with van der Waals surface area (Å²) in [4.78, 5) is 38.0. The van der Waals surface area contributed by atoms with Gasteiger partial charge in [-0.2, -0.15) is 0 Å². The van der Waals surface area contributed by atoms with Gasteiger partial charge in [-0.3, -0.25) is 9.59 Å². The van der Waals surface area contributed by atoms with Gasteiger partial charge in [-0.1, -0.05) is 6.92 Å². The van der Waals surface area contributed by atoms with Crippen LogP contribution in [0.1, 0.15) is 26.7 Å². The molecule has 4 aliphatic rings. The zero-order chi connectivity index (χ0) is 19.5. The number of aliphatic carboxylic acids is 1. The normalized spacial score (nSPS) is 38.0. The predicted molar refractivity (Wildman–Crippen MR) is 95.9 cm³/mol. The van der Waals surface area contributed by atoms with E-state index in [0.717, 1.165) is 12.8 Å². The summed E-state index contributed by atoms with van der Waals surface area (Å²) in [6.07, 6.45) is 0.780. The molecule has 0 aliphatic carbocycles. The SMILES string of the molecule is C[C@@H](O)[C@H]1C(=O)N2C(C(=O)[O-])=C(S[C@@H]3CN[C@H](C4CCNC4=O)C3)[C@H](C)[C@H]12.[Na+]. The first-order valence-electron chi connectivity index (χ1n) is 9.45. The summed E-state index contributed by atoms with van der Waals surface area (Å²) in [6, 6.07) is -0.226. The molecule has 148 valence electrons. The predicted octanol–water partition coefficient (Wildman–Crippen LogP) is -4.59. The number of carboxylic acids is 1. The Labute approximate surface area is 190 Å². The van der Waals surface area contributed by atoms with Crippen molar-refractivity contribution in [3.05, 3.63) is 10.6 Å². The first kappa shape index (κ1) is 22.1. The third kappa shape index (κ3) is 3.44. The molecule has 3 fully saturated rings. The number of carbonyl (C=O) groups is 3. The van der Waals surface area contributed by atoms with Gasteiger partial charge in [0.25, 0.3) is 0 Å². The maximum Gasteiger partial charge on any atom is 1.00 e. The molecule has 28 heavy (non-hydrogen) atoms. The molecule has 4 aliphatic heterocycles. The molecule has 3 saturated heterocycles. The van der Waals surface area contributed by atoms with E-state index in [1.807, 2.05) is 6.92 Å². The summed E-state index contributed by atoms with van der Waals surface area (Å²) < 4.78 is 0. The quantitative estimate of drug-likeness (QED) is 0.304. The number of rotatable bonds is 5. The largest absolute Gasteiger partial charge is 1.00 e. The van der Waals surface area contributed by atoms with Crippen LogP contribution in [0.4, 0.5) is 0 Å². The molecule has 0 radical (unpaired) electrons. The van der Waals surface area contributed by atoms with Crippen LogP contribution in [0.2, 0.25) is 0 Å². The molecule has 2 amide bonds. The van der Waals surface area contributed by atoms with E-state index in [1.165, 1.54) is 16.7 Å². The van der Waals surface area contributed by atoms with Crippen molar-refractivity contribution in [2.45, 2.75) is 50.1 Å². The average Bonchev–Trinajstić information content (AvgIpc) is 3.27. The second-order valence-corrected chi connectivity index (χ2v) is 9.27. The Balaban J connectivity index is 0.00000225. The van der Waals surface area contributed by atoms with Gasteiger partial charge in [-0.15, -0.1) is 11.8 Å². The maximum atomic E-state index is 12.4. The van der Waals surface area contributed by atoms with Gasteiger partial charge < -0.3 is 30.5 Å². The van der Waals surface area contributed by atoms with E-state index in [0.29, 0.717) is 18.0 Å². The number of thioether (sulfide) groups is 1. The fourth-order valence-electron chi connectivity index (χ4n) is 4.97. The fraction of sp³-hybridized carbons (Fsp3) is 0.722. The minimum atomic E-state index is -1.35. The molecule has 0 aromatic rings. The van der Waals surface area contributed by atoms with E-state index in [4.69, 9.17) is 0 Å². The minimum Gasteiger partial charge on any atom is -0.543 e. The van der Waals surface area contributed by atoms with Crippen molar-refractivity contribution >= 4 is 29.5 Å². The molecule has 0 spiro atoms. The molecule has 0 bridgehead atoms. The van der Waals surface area contributed by atoms with E-state index in [9.17, 15) is 24.6 Å². The summed E-state index contributed by atoms with van der Waals surface area (Å²) in [5, 5.41) is 28.0. The number of hydrogen-bond acceptors (Lipinski definition) is 7. The Hall–Kier alpha value is -0.580. The summed E-state index contributed by atoms with van der Waals surface area (Å²) >= 11 is 1.48. The molecule has 0 aromatic carbocycles. The number of β-lactam (4-membered cyclic amide) rings is 1. The van der Waals surface area contributed by atoms with Crippen LogP contribution in [0.15, 0.2) is 10.6 Å². The molecular weight excluding hydrogens is 393 g/mol. The van der Waals surface area contributed by atoms with Crippen LogP contribution >= 0.6 is 11.8 Å². The topological polar surface area (TPSA) is 122 Å². The van der Waals surface area contributed by atoms with Gasteiger partial charge in [0, 0.05) is 35.2 Å². The Morgan fingerprint density at radius 2 is 2.11 bits per heavy atom. The number of aliphatic hydroxyl groups is 1.